The van der Waals surface area contributed by atoms with Crippen molar-refractivity contribution in [1.29, 1.82) is 5.26 Å². The summed E-state index contributed by atoms with van der Waals surface area (Å²) in [5, 5.41) is 8.96. The van der Waals surface area contributed by atoms with Crippen LogP contribution in [-0.2, 0) is 4.79 Å². The molecule has 2 aliphatic rings. The summed E-state index contributed by atoms with van der Waals surface area (Å²) in [4.78, 5) is 16.4. The van der Waals surface area contributed by atoms with E-state index in [1.165, 1.54) is 32.2 Å². The predicted octanol–water partition coefficient (Wildman–Crippen LogP) is 2.01. The van der Waals surface area contributed by atoms with Crippen molar-refractivity contribution in [2.75, 3.05) is 26.2 Å². The summed E-state index contributed by atoms with van der Waals surface area (Å²) in [5.74, 6) is 0.106. The zero-order valence-electron chi connectivity index (χ0n) is 12.0. The Labute approximate surface area is 116 Å². The van der Waals surface area contributed by atoms with E-state index in [1.807, 2.05) is 4.90 Å². The molecule has 0 saturated carbocycles. The molecule has 19 heavy (non-hydrogen) atoms. The van der Waals surface area contributed by atoms with Crippen LogP contribution >= 0.6 is 0 Å². The molecule has 0 radical (unpaired) electrons. The lowest BCUT2D eigenvalue weighted by atomic mass is 10.0. The molecule has 0 N–H and O–H groups in total. The summed E-state index contributed by atoms with van der Waals surface area (Å²) < 4.78 is 0. The van der Waals surface area contributed by atoms with Crippen LogP contribution in [0.2, 0.25) is 0 Å². The highest BCUT2D eigenvalue weighted by molar-refractivity contribution is 5.79. The molecule has 4 nitrogen and oxygen atoms in total. The first-order chi connectivity index (χ1) is 9.24. The van der Waals surface area contributed by atoms with Crippen molar-refractivity contribution < 1.29 is 4.79 Å². The van der Waals surface area contributed by atoms with E-state index in [0.717, 1.165) is 19.5 Å². The Morgan fingerprint density at radius 3 is 2.89 bits per heavy atom. The molecule has 0 aromatic rings. The van der Waals surface area contributed by atoms with E-state index in [2.05, 4.69) is 17.9 Å². The lowest BCUT2D eigenvalue weighted by Gasteiger charge is -2.37. The van der Waals surface area contributed by atoms with Crippen molar-refractivity contribution in [3.63, 3.8) is 0 Å². The van der Waals surface area contributed by atoms with E-state index in [9.17, 15) is 4.79 Å². The van der Waals surface area contributed by atoms with Crippen molar-refractivity contribution in [3.8, 4) is 6.07 Å². The smallest absolute Gasteiger partial charge is 0.224 e. The van der Waals surface area contributed by atoms with Gasteiger partial charge in [0.1, 0.15) is 0 Å². The lowest BCUT2D eigenvalue weighted by Crippen LogP contribution is -2.48. The number of likely N-dealkylation sites (tertiary alicyclic amines) is 2. The molecular weight excluding hydrogens is 238 g/mol. The van der Waals surface area contributed by atoms with Crippen molar-refractivity contribution in [2.45, 2.75) is 51.5 Å². The van der Waals surface area contributed by atoms with Crippen LogP contribution in [0.3, 0.4) is 0 Å². The molecule has 2 unspecified atom stereocenters. The number of amides is 1. The molecule has 106 valence electrons. The van der Waals surface area contributed by atoms with Crippen LogP contribution in [0, 0.1) is 17.2 Å². The topological polar surface area (TPSA) is 47.3 Å². The molecule has 2 aliphatic heterocycles. The number of carbonyl (C=O) groups is 1. The minimum Gasteiger partial charge on any atom is -0.337 e. The molecule has 2 fully saturated rings. The molecule has 0 aromatic carbocycles. The largest absolute Gasteiger partial charge is 0.337 e. The van der Waals surface area contributed by atoms with E-state index in [4.69, 9.17) is 5.26 Å². The molecule has 2 rings (SSSR count). The number of hydrogen-bond acceptors (Lipinski definition) is 3. The Morgan fingerprint density at radius 1 is 1.37 bits per heavy atom. The van der Waals surface area contributed by atoms with Crippen LogP contribution in [0.15, 0.2) is 0 Å². The van der Waals surface area contributed by atoms with Gasteiger partial charge in [0.25, 0.3) is 0 Å². The number of unbranched alkanes of at least 4 members (excludes halogenated alkanes) is 2. The number of hydrogen-bond donors (Lipinski definition) is 0. The van der Waals surface area contributed by atoms with Crippen molar-refractivity contribution in [3.05, 3.63) is 0 Å². The lowest BCUT2D eigenvalue weighted by molar-refractivity contribution is -0.130. The quantitative estimate of drug-likeness (QED) is 0.713. The number of rotatable bonds is 5. The zero-order valence-corrected chi connectivity index (χ0v) is 12.0. The molecule has 0 bridgehead atoms. The molecule has 4 heteroatoms. The maximum absolute atomic E-state index is 12.0. The minimum absolute atomic E-state index is 0.0806. The maximum Gasteiger partial charge on any atom is 0.224 e. The summed E-state index contributed by atoms with van der Waals surface area (Å²) >= 11 is 0. The van der Waals surface area contributed by atoms with Gasteiger partial charge in [0.05, 0.1) is 12.0 Å². The fraction of sp³-hybridized carbons (Fsp3) is 0.867. The third kappa shape index (κ3) is 3.70. The molecule has 0 spiro atoms. The molecule has 1 amide bonds. The predicted molar refractivity (Wildman–Crippen MR) is 74.4 cm³/mol. The third-order valence-electron chi connectivity index (χ3n) is 4.34. The van der Waals surface area contributed by atoms with Crippen molar-refractivity contribution in [1.82, 2.24) is 9.80 Å². The van der Waals surface area contributed by atoms with Gasteiger partial charge in [0.15, 0.2) is 0 Å². The van der Waals surface area contributed by atoms with Gasteiger partial charge < -0.3 is 9.80 Å². The highest BCUT2D eigenvalue weighted by Gasteiger charge is 2.35. The zero-order chi connectivity index (χ0) is 13.7. The van der Waals surface area contributed by atoms with Crippen LogP contribution in [0.4, 0.5) is 0 Å². The average Bonchev–Trinajstić information content (AvgIpc) is 2.81. The van der Waals surface area contributed by atoms with E-state index in [0.29, 0.717) is 19.0 Å². The SMILES string of the molecule is CCCCCN1CCCC(N2CC(C#N)CC2=O)C1. The Balaban J connectivity index is 1.84. The van der Waals surface area contributed by atoms with E-state index in [-0.39, 0.29) is 11.8 Å². The van der Waals surface area contributed by atoms with Crippen LogP contribution in [0.5, 0.6) is 0 Å². The molecule has 0 aliphatic carbocycles. The number of piperidine rings is 1. The second kappa shape index (κ2) is 6.91. The van der Waals surface area contributed by atoms with Crippen LogP contribution in [0.25, 0.3) is 0 Å². The second-order valence-electron chi connectivity index (χ2n) is 5.88. The summed E-state index contributed by atoms with van der Waals surface area (Å²) in [6.07, 6.45) is 6.53. The Morgan fingerprint density at radius 2 is 2.21 bits per heavy atom. The van der Waals surface area contributed by atoms with Gasteiger partial charge in [0, 0.05) is 25.6 Å². The summed E-state index contributed by atoms with van der Waals surface area (Å²) in [5.41, 5.74) is 0. The van der Waals surface area contributed by atoms with Crippen LogP contribution in [0.1, 0.15) is 45.4 Å². The first-order valence-electron chi connectivity index (χ1n) is 7.66. The monoisotopic (exact) mass is 263 g/mol. The molecule has 2 atom stereocenters. The van der Waals surface area contributed by atoms with Gasteiger partial charge in [-0.25, -0.2) is 0 Å². The van der Waals surface area contributed by atoms with Gasteiger partial charge in [-0.05, 0) is 32.4 Å². The van der Waals surface area contributed by atoms with Crippen LogP contribution < -0.4 is 0 Å². The van der Waals surface area contributed by atoms with Crippen LogP contribution in [-0.4, -0.2) is 47.9 Å². The Kier molecular flexibility index (Phi) is 5.21. The Hall–Kier alpha value is -1.08. The summed E-state index contributed by atoms with van der Waals surface area (Å²) in [7, 11) is 0. The average molecular weight is 263 g/mol. The Bertz CT molecular complexity index is 350. The second-order valence-corrected chi connectivity index (χ2v) is 5.88. The van der Waals surface area contributed by atoms with Crippen molar-refractivity contribution >= 4 is 5.91 Å². The maximum atomic E-state index is 12.0. The molecule has 2 heterocycles. The van der Waals surface area contributed by atoms with Gasteiger partial charge >= 0.3 is 0 Å². The fourth-order valence-corrected chi connectivity index (χ4v) is 3.25. The van der Waals surface area contributed by atoms with E-state index in [1.54, 1.807) is 0 Å². The van der Waals surface area contributed by atoms with Gasteiger partial charge in [-0.15, -0.1) is 0 Å². The van der Waals surface area contributed by atoms with E-state index < -0.39 is 0 Å². The number of nitrogens with zero attached hydrogens (tertiary/aromatic N) is 3. The number of carbonyl (C=O) groups excluding carboxylic acids is 1. The number of nitriles is 1. The summed E-state index contributed by atoms with van der Waals surface area (Å²) in [6.45, 7) is 6.22. The highest BCUT2D eigenvalue weighted by Crippen LogP contribution is 2.24. The van der Waals surface area contributed by atoms with Gasteiger partial charge in [-0.3, -0.25) is 4.79 Å². The van der Waals surface area contributed by atoms with E-state index >= 15 is 0 Å². The first-order valence-corrected chi connectivity index (χ1v) is 7.66. The summed E-state index contributed by atoms with van der Waals surface area (Å²) in [6, 6.07) is 2.59. The normalized spacial score (nSPS) is 28.6. The van der Waals surface area contributed by atoms with Crippen molar-refractivity contribution in [2.24, 2.45) is 5.92 Å². The third-order valence-corrected chi connectivity index (χ3v) is 4.34. The highest BCUT2D eigenvalue weighted by atomic mass is 16.2. The van der Waals surface area contributed by atoms with Gasteiger partial charge in [-0.1, -0.05) is 19.8 Å². The van der Waals surface area contributed by atoms with Gasteiger partial charge in [-0.2, -0.15) is 5.26 Å². The first kappa shape index (κ1) is 14.3. The molecular formula is C15H25N3O. The molecule has 2 saturated heterocycles. The molecule has 0 aromatic heterocycles. The fourth-order valence-electron chi connectivity index (χ4n) is 3.25. The standard InChI is InChI=1S/C15H25N3O/c1-2-3-4-7-17-8-5-6-14(12-17)18-11-13(10-16)9-15(18)19/h13-14H,2-9,11-12H2,1H3. The minimum atomic E-state index is -0.0806. The van der Waals surface area contributed by atoms with Gasteiger partial charge in [0.2, 0.25) is 5.91 Å².